The van der Waals surface area contributed by atoms with Crippen molar-refractivity contribution in [1.29, 1.82) is 0 Å². The first-order chi connectivity index (χ1) is 12.5. The molecule has 26 heavy (non-hydrogen) atoms. The second kappa shape index (κ2) is 9.09. The van der Waals surface area contributed by atoms with Crippen LogP contribution in [0.5, 0.6) is 11.5 Å². The summed E-state index contributed by atoms with van der Waals surface area (Å²) in [5.41, 5.74) is 3.83. The van der Waals surface area contributed by atoms with Gasteiger partial charge in [0.2, 0.25) is 0 Å². The van der Waals surface area contributed by atoms with Crippen LogP contribution < -0.4 is 9.47 Å². The van der Waals surface area contributed by atoms with Gasteiger partial charge < -0.3 is 14.4 Å². The number of hydrogen-bond donors (Lipinski definition) is 0. The van der Waals surface area contributed by atoms with E-state index in [0.29, 0.717) is 24.5 Å². The van der Waals surface area contributed by atoms with Gasteiger partial charge in [0.1, 0.15) is 0 Å². The molecule has 0 aromatic heterocycles. The van der Waals surface area contributed by atoms with Crippen molar-refractivity contribution in [3.05, 3.63) is 65.7 Å². The molecule has 0 N–H and O–H groups in total. The Morgan fingerprint density at radius 3 is 2.42 bits per heavy atom. The van der Waals surface area contributed by atoms with Gasteiger partial charge in [0, 0.05) is 19.2 Å². The van der Waals surface area contributed by atoms with E-state index in [-0.39, 0.29) is 5.91 Å². The minimum Gasteiger partial charge on any atom is -0.493 e. The first-order valence-electron chi connectivity index (χ1n) is 8.74. The van der Waals surface area contributed by atoms with Crippen LogP contribution in [-0.2, 0) is 6.42 Å². The number of carbonyl (C=O) groups excluding carboxylic acids is 1. The van der Waals surface area contributed by atoms with Crippen molar-refractivity contribution >= 4 is 11.5 Å². The lowest BCUT2D eigenvalue weighted by molar-refractivity contribution is 0.0798. The summed E-state index contributed by atoms with van der Waals surface area (Å²) in [5.74, 6) is 1.39. The van der Waals surface area contributed by atoms with E-state index in [1.54, 1.807) is 19.1 Å². The number of amides is 1. The molecule has 2 aromatic rings. The smallest absolute Gasteiger partial charge is 0.253 e. The van der Waals surface area contributed by atoms with Gasteiger partial charge in [-0.05, 0) is 53.8 Å². The van der Waals surface area contributed by atoms with Crippen molar-refractivity contribution in [1.82, 2.24) is 4.90 Å². The summed E-state index contributed by atoms with van der Waals surface area (Å²) in [6.45, 7) is 6.84. The van der Waals surface area contributed by atoms with Gasteiger partial charge in [0.15, 0.2) is 11.5 Å². The van der Waals surface area contributed by atoms with Gasteiger partial charge in [-0.2, -0.15) is 0 Å². The summed E-state index contributed by atoms with van der Waals surface area (Å²) in [5, 5.41) is 0. The summed E-state index contributed by atoms with van der Waals surface area (Å²) in [6, 6.07) is 13.5. The molecule has 0 heterocycles. The van der Waals surface area contributed by atoms with Crippen LogP contribution in [0.4, 0.5) is 0 Å². The Bertz CT molecular complexity index is 783. The van der Waals surface area contributed by atoms with Crippen LogP contribution in [0.2, 0.25) is 0 Å². The third-order valence-corrected chi connectivity index (χ3v) is 4.47. The van der Waals surface area contributed by atoms with Gasteiger partial charge in [0.05, 0.1) is 14.2 Å². The molecule has 1 amide bonds. The SMILES string of the molecule is C=C(CCN(C)C(=O)c1cccc(CC)c1)c1ccc(OC)c(OC)c1. The molecule has 0 spiro atoms. The van der Waals surface area contributed by atoms with Gasteiger partial charge in [-0.25, -0.2) is 0 Å². The van der Waals surface area contributed by atoms with Crippen LogP contribution in [0.3, 0.4) is 0 Å². The molecule has 0 fully saturated rings. The van der Waals surface area contributed by atoms with Crippen molar-refractivity contribution < 1.29 is 14.3 Å². The van der Waals surface area contributed by atoms with Gasteiger partial charge in [-0.3, -0.25) is 4.79 Å². The zero-order valence-electron chi connectivity index (χ0n) is 16.0. The fourth-order valence-corrected chi connectivity index (χ4v) is 2.75. The second-order valence-corrected chi connectivity index (χ2v) is 6.20. The number of aryl methyl sites for hydroxylation is 1. The Balaban J connectivity index is 2.01. The van der Waals surface area contributed by atoms with Gasteiger partial charge in [-0.15, -0.1) is 0 Å². The summed E-state index contributed by atoms with van der Waals surface area (Å²) in [6.07, 6.45) is 1.60. The summed E-state index contributed by atoms with van der Waals surface area (Å²) in [4.78, 5) is 14.3. The highest BCUT2D eigenvalue weighted by molar-refractivity contribution is 5.94. The first-order valence-corrected chi connectivity index (χ1v) is 8.74. The van der Waals surface area contributed by atoms with E-state index in [4.69, 9.17) is 9.47 Å². The minimum absolute atomic E-state index is 0.0282. The van der Waals surface area contributed by atoms with E-state index in [0.717, 1.165) is 23.1 Å². The van der Waals surface area contributed by atoms with E-state index in [9.17, 15) is 4.79 Å². The van der Waals surface area contributed by atoms with Crippen LogP contribution in [0.15, 0.2) is 49.0 Å². The molecule has 0 radical (unpaired) electrons. The number of benzene rings is 2. The normalized spacial score (nSPS) is 10.3. The van der Waals surface area contributed by atoms with E-state index in [2.05, 4.69) is 13.5 Å². The largest absolute Gasteiger partial charge is 0.493 e. The monoisotopic (exact) mass is 353 g/mol. The third-order valence-electron chi connectivity index (χ3n) is 4.47. The second-order valence-electron chi connectivity index (χ2n) is 6.20. The lowest BCUT2D eigenvalue weighted by Crippen LogP contribution is -2.27. The molecule has 0 saturated carbocycles. The predicted molar refractivity (Wildman–Crippen MR) is 106 cm³/mol. The fraction of sp³-hybridized carbons (Fsp3) is 0.318. The number of ether oxygens (including phenoxy) is 2. The van der Waals surface area contributed by atoms with Gasteiger partial charge >= 0.3 is 0 Å². The molecule has 2 aromatic carbocycles. The molecule has 0 bridgehead atoms. The molecule has 4 nitrogen and oxygen atoms in total. The van der Waals surface area contributed by atoms with Crippen molar-refractivity contribution in [2.75, 3.05) is 27.8 Å². The molecular formula is C22H27NO3. The third kappa shape index (κ3) is 4.66. The number of carbonyl (C=O) groups is 1. The lowest BCUT2D eigenvalue weighted by atomic mass is 10.0. The lowest BCUT2D eigenvalue weighted by Gasteiger charge is -2.19. The van der Waals surface area contributed by atoms with Crippen LogP contribution in [0.1, 0.15) is 34.8 Å². The number of hydrogen-bond acceptors (Lipinski definition) is 3. The highest BCUT2D eigenvalue weighted by atomic mass is 16.5. The molecule has 0 aliphatic carbocycles. The maximum atomic E-state index is 12.6. The summed E-state index contributed by atoms with van der Waals surface area (Å²) >= 11 is 0. The van der Waals surface area contributed by atoms with Crippen LogP contribution in [0.25, 0.3) is 5.57 Å². The highest BCUT2D eigenvalue weighted by Gasteiger charge is 2.13. The Hall–Kier alpha value is -2.75. The van der Waals surface area contributed by atoms with Gasteiger partial charge in [-0.1, -0.05) is 31.7 Å². The van der Waals surface area contributed by atoms with Crippen LogP contribution >= 0.6 is 0 Å². The molecule has 4 heteroatoms. The van der Waals surface area contributed by atoms with Crippen molar-refractivity contribution in [3.63, 3.8) is 0 Å². The van der Waals surface area contributed by atoms with Crippen molar-refractivity contribution in [2.24, 2.45) is 0 Å². The fourth-order valence-electron chi connectivity index (χ4n) is 2.75. The molecule has 2 rings (SSSR count). The maximum Gasteiger partial charge on any atom is 0.253 e. The minimum atomic E-state index is 0.0282. The first kappa shape index (κ1) is 19.6. The molecule has 0 aliphatic rings. The molecule has 0 saturated heterocycles. The van der Waals surface area contributed by atoms with E-state index in [1.807, 2.05) is 49.5 Å². The number of nitrogens with zero attached hydrogens (tertiary/aromatic N) is 1. The summed E-state index contributed by atoms with van der Waals surface area (Å²) in [7, 11) is 5.05. The van der Waals surface area contributed by atoms with E-state index < -0.39 is 0 Å². The number of rotatable bonds is 8. The Kier molecular flexibility index (Phi) is 6.84. The summed E-state index contributed by atoms with van der Waals surface area (Å²) < 4.78 is 10.6. The average Bonchev–Trinajstić information content (AvgIpc) is 2.70. The standard InChI is InChI=1S/C22H27NO3/c1-6-17-8-7-9-19(14-17)22(24)23(3)13-12-16(2)18-10-11-20(25-4)21(15-18)26-5/h7-11,14-15H,2,6,12-13H2,1,3-5H3. The quantitative estimate of drug-likeness (QED) is 0.704. The van der Waals surface area contributed by atoms with Crippen LogP contribution in [-0.4, -0.2) is 38.6 Å². The molecular weight excluding hydrogens is 326 g/mol. The van der Waals surface area contributed by atoms with Crippen molar-refractivity contribution in [2.45, 2.75) is 19.8 Å². The van der Waals surface area contributed by atoms with Crippen molar-refractivity contribution in [3.8, 4) is 11.5 Å². The zero-order chi connectivity index (χ0) is 19.1. The molecule has 0 aliphatic heterocycles. The Labute approximate surface area is 156 Å². The average molecular weight is 353 g/mol. The molecule has 138 valence electrons. The Morgan fingerprint density at radius 1 is 1.04 bits per heavy atom. The predicted octanol–water partition coefficient (Wildman–Crippen LogP) is 4.44. The zero-order valence-corrected chi connectivity index (χ0v) is 16.0. The van der Waals surface area contributed by atoms with E-state index in [1.165, 1.54) is 5.56 Å². The molecule has 0 unspecified atom stereocenters. The Morgan fingerprint density at radius 2 is 1.77 bits per heavy atom. The van der Waals surface area contributed by atoms with E-state index >= 15 is 0 Å². The highest BCUT2D eigenvalue weighted by Crippen LogP contribution is 2.30. The maximum absolute atomic E-state index is 12.6. The van der Waals surface area contributed by atoms with Crippen LogP contribution in [0, 0.1) is 0 Å². The molecule has 0 atom stereocenters. The topological polar surface area (TPSA) is 38.8 Å². The van der Waals surface area contributed by atoms with Gasteiger partial charge in [0.25, 0.3) is 5.91 Å². The number of methoxy groups -OCH3 is 2.